The summed E-state index contributed by atoms with van der Waals surface area (Å²) in [6, 6.07) is 9.85. The van der Waals surface area contributed by atoms with E-state index in [0.717, 1.165) is 28.2 Å². The molecule has 3 rings (SSSR count). The number of terminal acetylenes is 1. The van der Waals surface area contributed by atoms with Gasteiger partial charge in [0.15, 0.2) is 0 Å². The Balaban J connectivity index is 0.000000477. The fourth-order valence-corrected chi connectivity index (χ4v) is 4.96. The van der Waals surface area contributed by atoms with E-state index < -0.39 is 10.8 Å². The number of nitrogens with two attached hydrogens (primary N) is 2. The van der Waals surface area contributed by atoms with Crippen molar-refractivity contribution in [3.05, 3.63) is 88.4 Å². The number of benzene rings is 1. The smallest absolute Gasteiger partial charge is 0.253 e. The van der Waals surface area contributed by atoms with Crippen molar-refractivity contribution in [3.63, 3.8) is 0 Å². The van der Waals surface area contributed by atoms with Crippen LogP contribution in [-0.4, -0.2) is 39.1 Å². The van der Waals surface area contributed by atoms with Crippen LogP contribution in [0.15, 0.2) is 65.4 Å². The highest BCUT2D eigenvalue weighted by Gasteiger charge is 2.29. The number of hydrogen-bond acceptors (Lipinski definition) is 5. The lowest BCUT2D eigenvalue weighted by Crippen LogP contribution is -2.29. The molecule has 0 radical (unpaired) electrons. The Bertz CT molecular complexity index is 1310. The zero-order chi connectivity index (χ0) is 30.2. The van der Waals surface area contributed by atoms with Crippen LogP contribution in [0.25, 0.3) is 6.08 Å². The molecule has 2 amide bonds. The third kappa shape index (κ3) is 9.75. The summed E-state index contributed by atoms with van der Waals surface area (Å²) < 4.78 is 11.3. The molecule has 0 aliphatic carbocycles. The van der Waals surface area contributed by atoms with E-state index in [9.17, 15) is 13.8 Å². The highest BCUT2D eigenvalue weighted by atomic mass is 32.2. The number of aromatic nitrogens is 1. The Kier molecular flexibility index (Phi) is 14.5. The number of nitrogens with zero attached hydrogens (tertiary/aromatic N) is 1. The van der Waals surface area contributed by atoms with Gasteiger partial charge >= 0.3 is 0 Å². The molecule has 1 fully saturated rings. The van der Waals surface area contributed by atoms with E-state index in [1.807, 2.05) is 70.2 Å². The average Bonchev–Trinajstić information content (AvgIpc) is 3.39. The topological polar surface area (TPSA) is 155 Å². The molecule has 0 spiro atoms. The van der Waals surface area contributed by atoms with E-state index >= 15 is 0 Å². The summed E-state index contributed by atoms with van der Waals surface area (Å²) in [6.07, 6.45) is 13.8. The highest BCUT2D eigenvalue weighted by molar-refractivity contribution is 7.84. The highest BCUT2D eigenvalue weighted by Crippen LogP contribution is 2.29. The van der Waals surface area contributed by atoms with E-state index in [4.69, 9.17) is 11.6 Å². The van der Waals surface area contributed by atoms with Gasteiger partial charge in [-0.05, 0) is 38.0 Å². The van der Waals surface area contributed by atoms with Gasteiger partial charge in [0.1, 0.15) is 5.84 Å². The summed E-state index contributed by atoms with van der Waals surface area (Å²) in [7, 11) is -0.789. The number of rotatable bonds is 9. The van der Waals surface area contributed by atoms with Gasteiger partial charge in [-0.25, -0.2) is 0 Å². The van der Waals surface area contributed by atoms with Gasteiger partial charge in [-0.3, -0.25) is 13.8 Å². The molecule has 0 bridgehead atoms. The fraction of sp³-hybridized carbons (Fsp3) is 0.300. The molecule has 9 nitrogen and oxygen atoms in total. The molecule has 2 unspecified atom stereocenters. The molecule has 1 aromatic carbocycles. The van der Waals surface area contributed by atoms with Crippen LogP contribution in [0.5, 0.6) is 0 Å². The number of carbonyl (C=O) groups excluding carboxylic acids is 2. The van der Waals surface area contributed by atoms with Crippen LogP contribution in [0.2, 0.25) is 0 Å². The molecule has 0 saturated carbocycles. The minimum absolute atomic E-state index is 0.00805. The lowest BCUT2D eigenvalue weighted by atomic mass is 9.99. The molecule has 7 N–H and O–H groups in total. The van der Waals surface area contributed by atoms with Gasteiger partial charge in [0, 0.05) is 63.8 Å². The third-order valence-electron chi connectivity index (χ3n) is 6.07. The van der Waals surface area contributed by atoms with Crippen molar-refractivity contribution >= 4 is 34.5 Å². The van der Waals surface area contributed by atoms with Crippen molar-refractivity contribution in [1.29, 1.82) is 0 Å². The van der Waals surface area contributed by atoms with Crippen LogP contribution in [0.4, 0.5) is 0 Å². The van der Waals surface area contributed by atoms with Gasteiger partial charge < -0.3 is 27.2 Å². The van der Waals surface area contributed by atoms with Crippen LogP contribution in [0.1, 0.15) is 53.1 Å². The molecule has 1 aliphatic heterocycles. The van der Waals surface area contributed by atoms with Gasteiger partial charge in [0.25, 0.3) is 11.8 Å². The van der Waals surface area contributed by atoms with Crippen molar-refractivity contribution in [1.82, 2.24) is 15.6 Å². The van der Waals surface area contributed by atoms with Crippen LogP contribution < -0.4 is 22.2 Å². The van der Waals surface area contributed by atoms with Gasteiger partial charge in [0.05, 0.1) is 5.56 Å². The first-order chi connectivity index (χ1) is 19.1. The normalized spacial score (nSPS) is 17.2. The van der Waals surface area contributed by atoms with Crippen LogP contribution in [0.3, 0.4) is 0 Å². The summed E-state index contributed by atoms with van der Waals surface area (Å²) in [6.45, 7) is 11.4. The minimum atomic E-state index is -0.789. The maximum absolute atomic E-state index is 12.5. The summed E-state index contributed by atoms with van der Waals surface area (Å²) in [5.41, 5.74) is 11.1. The fourth-order valence-electron chi connectivity index (χ4n) is 4.01. The number of nitrogens with one attached hydrogen (secondary N) is 3. The first-order valence-electron chi connectivity index (χ1n) is 12.6. The zero-order valence-corrected chi connectivity index (χ0v) is 24.4. The molecule has 40 heavy (non-hydrogen) atoms. The number of hydrazone groups is 1. The number of allylic oxidation sites excluding steroid dienone is 2. The van der Waals surface area contributed by atoms with E-state index in [2.05, 4.69) is 40.1 Å². The first kappa shape index (κ1) is 33.7. The average molecular weight is 565 g/mol. The van der Waals surface area contributed by atoms with E-state index in [0.29, 0.717) is 35.6 Å². The van der Waals surface area contributed by atoms with Gasteiger partial charge in [0.2, 0.25) is 0 Å². The number of amides is 2. The summed E-state index contributed by atoms with van der Waals surface area (Å²) in [5, 5.41) is 9.03. The van der Waals surface area contributed by atoms with E-state index in [1.165, 1.54) is 0 Å². The van der Waals surface area contributed by atoms with Crippen molar-refractivity contribution in [2.45, 2.75) is 39.9 Å². The van der Waals surface area contributed by atoms with Crippen molar-refractivity contribution in [2.24, 2.45) is 22.6 Å². The second-order valence-corrected chi connectivity index (χ2v) is 10.3. The number of aryl methyl sites for hydroxylation is 1. The molecule has 2 atom stereocenters. The predicted octanol–water partition coefficient (Wildman–Crippen LogP) is 3.41. The summed E-state index contributed by atoms with van der Waals surface area (Å²) >= 11 is 0. The molecule has 214 valence electrons. The van der Waals surface area contributed by atoms with Crippen molar-refractivity contribution in [3.8, 4) is 12.8 Å². The van der Waals surface area contributed by atoms with Crippen LogP contribution in [-0.2, 0) is 21.3 Å². The number of aromatic amines is 1. The zero-order valence-electron chi connectivity index (χ0n) is 23.6. The quantitative estimate of drug-likeness (QED) is 0.0600. The molecular formula is C30H40N6O3S. The molecule has 1 aromatic heterocycles. The van der Waals surface area contributed by atoms with Crippen LogP contribution >= 0.6 is 0 Å². The molecule has 1 saturated heterocycles. The lowest BCUT2D eigenvalue weighted by molar-refractivity contribution is -0.115. The van der Waals surface area contributed by atoms with Crippen molar-refractivity contribution in [2.75, 3.05) is 12.3 Å². The summed E-state index contributed by atoms with van der Waals surface area (Å²) in [4.78, 5) is 27.9. The second kappa shape index (κ2) is 17.3. The maximum atomic E-state index is 12.5. The Morgan fingerprint density at radius 1 is 1.25 bits per heavy atom. The first-order valence-corrected chi connectivity index (χ1v) is 14.1. The van der Waals surface area contributed by atoms with Gasteiger partial charge in [-0.1, -0.05) is 49.4 Å². The molecule has 10 heteroatoms. The second-order valence-electron chi connectivity index (χ2n) is 8.83. The monoisotopic (exact) mass is 564 g/mol. The Labute approximate surface area is 239 Å². The van der Waals surface area contributed by atoms with Crippen LogP contribution in [0, 0.1) is 32.6 Å². The molecular weight excluding hydrogens is 524 g/mol. The number of amidine groups is 1. The Morgan fingerprint density at radius 3 is 2.45 bits per heavy atom. The minimum Gasteiger partial charge on any atom is -0.386 e. The predicted molar refractivity (Wildman–Crippen MR) is 165 cm³/mol. The van der Waals surface area contributed by atoms with E-state index in [1.54, 1.807) is 6.08 Å². The Hall–Kier alpha value is -4.36. The molecule has 1 aliphatic rings. The van der Waals surface area contributed by atoms with Gasteiger partial charge in [-0.2, -0.15) is 5.10 Å². The largest absolute Gasteiger partial charge is 0.386 e. The lowest BCUT2D eigenvalue weighted by Gasteiger charge is -2.06. The third-order valence-corrected chi connectivity index (χ3v) is 7.34. The van der Waals surface area contributed by atoms with Crippen molar-refractivity contribution < 1.29 is 13.8 Å². The standard InChI is InChI=1S/C18H26N6O2.C10H12OS.C2H2/c1-5-13-9(2)12(17(25)23-13)8-14-10(3)16(11(4)22-14)18(26)21-7-6-15(19)24-20;1-2-8-12(11)9-10-6-4-3-5-7-10;1-2/h5,8-9,22H,6-7,20H2,1-4H3,(H2,19,24)(H,21,26)(H,23,25);2-7H,1,8-9H2;1-2H/b12-8-,13-5+;;. The summed E-state index contributed by atoms with van der Waals surface area (Å²) in [5.74, 6) is 6.24. The number of carbonyl (C=O) groups is 2. The van der Waals surface area contributed by atoms with Gasteiger partial charge in [-0.15, -0.1) is 19.4 Å². The number of H-pyrrole nitrogens is 1. The van der Waals surface area contributed by atoms with E-state index in [-0.39, 0.29) is 23.6 Å². The molecule has 2 aromatic rings. The molecule has 2 heterocycles. The SMILES string of the molecule is C#C.C/C=C1/NC(=O)/C(=C\c2[nH]c(C)c(C(=O)NCC/C(N)=N/N)c2C)C1C.C=CCS(=O)Cc1ccccc1. The number of hydrogen-bond donors (Lipinski definition) is 5. The maximum Gasteiger partial charge on any atom is 0.253 e. The Morgan fingerprint density at radius 2 is 1.90 bits per heavy atom.